The van der Waals surface area contributed by atoms with Gasteiger partial charge in [0.15, 0.2) is 16.6 Å². The second-order valence-corrected chi connectivity index (χ2v) is 7.81. The number of hydrogen-bond acceptors (Lipinski definition) is 5. The highest BCUT2D eigenvalue weighted by Crippen LogP contribution is 2.29. The molecule has 3 aromatic rings. The molecule has 1 heterocycles. The first-order valence-corrected chi connectivity index (χ1v) is 10.6. The number of ether oxygens (including phenoxy) is 2. The second kappa shape index (κ2) is 10.1. The number of carbonyl (C=O) groups excluding carboxylic acids is 1. The van der Waals surface area contributed by atoms with Crippen molar-refractivity contribution in [1.82, 2.24) is 4.98 Å². The number of anilines is 1. The maximum absolute atomic E-state index is 12.3. The number of benzene rings is 2. The summed E-state index contributed by atoms with van der Waals surface area (Å²) in [6.45, 7) is 4.87. The van der Waals surface area contributed by atoms with E-state index in [9.17, 15) is 4.79 Å². The van der Waals surface area contributed by atoms with Gasteiger partial charge in [-0.15, -0.1) is 0 Å². The molecular formula is C23H26N2O3S. The van der Waals surface area contributed by atoms with Crippen molar-refractivity contribution in [2.75, 3.05) is 19.0 Å². The Morgan fingerprint density at radius 2 is 2.03 bits per heavy atom. The number of methoxy groups -OCH3 is 1. The first kappa shape index (κ1) is 20.9. The molecule has 1 N–H and O–H groups in total. The van der Waals surface area contributed by atoms with Crippen molar-refractivity contribution >= 4 is 38.7 Å². The summed E-state index contributed by atoms with van der Waals surface area (Å²) in [5, 5.41) is 3.42. The van der Waals surface area contributed by atoms with Crippen LogP contribution in [0.15, 0.2) is 42.5 Å². The van der Waals surface area contributed by atoms with Gasteiger partial charge >= 0.3 is 0 Å². The lowest BCUT2D eigenvalue weighted by atomic mass is 10.2. The van der Waals surface area contributed by atoms with E-state index in [0.717, 1.165) is 40.8 Å². The zero-order valence-corrected chi connectivity index (χ0v) is 17.8. The van der Waals surface area contributed by atoms with E-state index in [1.807, 2.05) is 37.3 Å². The number of rotatable bonds is 9. The summed E-state index contributed by atoms with van der Waals surface area (Å²) in [5.74, 6) is 1.15. The summed E-state index contributed by atoms with van der Waals surface area (Å²) < 4.78 is 12.3. The van der Waals surface area contributed by atoms with Gasteiger partial charge in [0, 0.05) is 6.08 Å². The smallest absolute Gasteiger partial charge is 0.250 e. The van der Waals surface area contributed by atoms with Crippen LogP contribution in [0.1, 0.15) is 37.3 Å². The molecule has 0 aliphatic carbocycles. The van der Waals surface area contributed by atoms with E-state index in [-0.39, 0.29) is 5.91 Å². The molecule has 0 saturated carbocycles. The number of thiazole rings is 1. The van der Waals surface area contributed by atoms with Gasteiger partial charge in [0.1, 0.15) is 0 Å². The van der Waals surface area contributed by atoms with Crippen molar-refractivity contribution in [3.05, 3.63) is 53.6 Å². The summed E-state index contributed by atoms with van der Waals surface area (Å²) >= 11 is 1.47. The van der Waals surface area contributed by atoms with Crippen LogP contribution in [0.2, 0.25) is 0 Å². The van der Waals surface area contributed by atoms with Crippen LogP contribution in [0.4, 0.5) is 5.13 Å². The monoisotopic (exact) mass is 410 g/mol. The highest BCUT2D eigenvalue weighted by atomic mass is 32.1. The molecule has 5 nitrogen and oxygen atoms in total. The Labute approximate surface area is 175 Å². The number of unbranched alkanes of at least 4 members (excludes halogenated alkanes) is 2. The van der Waals surface area contributed by atoms with E-state index < -0.39 is 0 Å². The zero-order chi connectivity index (χ0) is 20.6. The topological polar surface area (TPSA) is 60.5 Å². The van der Waals surface area contributed by atoms with Gasteiger partial charge < -0.3 is 9.47 Å². The number of nitrogens with zero attached hydrogens (tertiary/aromatic N) is 1. The summed E-state index contributed by atoms with van der Waals surface area (Å²) in [7, 11) is 1.61. The zero-order valence-electron chi connectivity index (χ0n) is 17.0. The lowest BCUT2D eigenvalue weighted by Gasteiger charge is -2.11. The summed E-state index contributed by atoms with van der Waals surface area (Å²) in [4.78, 5) is 16.7. The van der Waals surface area contributed by atoms with Crippen molar-refractivity contribution in [1.29, 1.82) is 0 Å². The Kier molecular flexibility index (Phi) is 7.25. The minimum Gasteiger partial charge on any atom is -0.493 e. The first-order valence-electron chi connectivity index (χ1n) is 9.76. The van der Waals surface area contributed by atoms with Crippen molar-refractivity contribution in [2.45, 2.75) is 33.1 Å². The number of fused-ring (bicyclic) bond motifs is 1. The number of amides is 1. The second-order valence-electron chi connectivity index (χ2n) is 6.78. The molecule has 0 radical (unpaired) electrons. The summed E-state index contributed by atoms with van der Waals surface area (Å²) in [5.41, 5.74) is 2.92. The van der Waals surface area contributed by atoms with Crippen LogP contribution >= 0.6 is 11.3 Å². The molecule has 0 unspecified atom stereocenters. The minimum absolute atomic E-state index is 0.223. The molecule has 0 spiro atoms. The van der Waals surface area contributed by atoms with E-state index in [1.54, 1.807) is 13.2 Å². The van der Waals surface area contributed by atoms with Gasteiger partial charge in [0.05, 0.1) is 23.9 Å². The largest absolute Gasteiger partial charge is 0.493 e. The molecule has 1 amide bonds. The minimum atomic E-state index is -0.223. The molecule has 0 saturated heterocycles. The third-order valence-electron chi connectivity index (χ3n) is 4.39. The van der Waals surface area contributed by atoms with Gasteiger partial charge in [-0.25, -0.2) is 4.98 Å². The lowest BCUT2D eigenvalue weighted by Crippen LogP contribution is -2.07. The van der Waals surface area contributed by atoms with Crippen LogP contribution in [-0.2, 0) is 4.79 Å². The number of aryl methyl sites for hydroxylation is 1. The number of nitrogens with one attached hydrogen (secondary N) is 1. The molecule has 0 atom stereocenters. The van der Waals surface area contributed by atoms with Gasteiger partial charge in [-0.05, 0) is 54.8 Å². The Balaban J connectivity index is 1.62. The lowest BCUT2D eigenvalue weighted by molar-refractivity contribution is -0.111. The molecular weight excluding hydrogens is 384 g/mol. The van der Waals surface area contributed by atoms with Crippen molar-refractivity contribution in [2.24, 2.45) is 0 Å². The third kappa shape index (κ3) is 5.81. The van der Waals surface area contributed by atoms with E-state index >= 15 is 0 Å². The molecule has 0 fully saturated rings. The predicted octanol–water partition coefficient (Wildman–Crippen LogP) is 5.83. The van der Waals surface area contributed by atoms with E-state index in [2.05, 4.69) is 23.3 Å². The Bertz CT molecular complexity index is 1010. The number of carbonyl (C=O) groups is 1. The Morgan fingerprint density at radius 1 is 1.17 bits per heavy atom. The fourth-order valence-corrected chi connectivity index (χ4v) is 3.81. The highest BCUT2D eigenvalue weighted by molar-refractivity contribution is 7.22. The quantitative estimate of drug-likeness (QED) is 0.356. The van der Waals surface area contributed by atoms with Crippen LogP contribution in [0.5, 0.6) is 11.5 Å². The van der Waals surface area contributed by atoms with E-state index in [4.69, 9.17) is 9.47 Å². The van der Waals surface area contributed by atoms with Crippen molar-refractivity contribution in [3.8, 4) is 11.5 Å². The predicted molar refractivity (Wildman–Crippen MR) is 120 cm³/mol. The van der Waals surface area contributed by atoms with Crippen LogP contribution in [0.3, 0.4) is 0 Å². The maximum atomic E-state index is 12.3. The van der Waals surface area contributed by atoms with E-state index in [1.165, 1.54) is 23.0 Å². The average Bonchev–Trinajstić information content (AvgIpc) is 3.11. The van der Waals surface area contributed by atoms with Crippen LogP contribution in [0, 0.1) is 6.92 Å². The molecule has 3 rings (SSSR count). The third-order valence-corrected chi connectivity index (χ3v) is 5.33. The molecule has 2 aromatic carbocycles. The van der Waals surface area contributed by atoms with Gasteiger partial charge in [0.25, 0.3) is 0 Å². The average molecular weight is 411 g/mol. The molecule has 152 valence electrons. The van der Waals surface area contributed by atoms with Gasteiger partial charge in [-0.3, -0.25) is 10.1 Å². The molecule has 0 aliphatic heterocycles. The SMILES string of the molecule is CCCCCOc1ccc(/C=C/C(=O)Nc2nc3ccc(C)cc3s2)cc1OC. The van der Waals surface area contributed by atoms with E-state index in [0.29, 0.717) is 17.5 Å². The molecule has 29 heavy (non-hydrogen) atoms. The van der Waals surface area contributed by atoms with Gasteiger partial charge in [-0.2, -0.15) is 0 Å². The van der Waals surface area contributed by atoms with Crippen molar-refractivity contribution < 1.29 is 14.3 Å². The molecule has 1 aromatic heterocycles. The standard InChI is InChI=1S/C23H26N2O3S/c1-4-5-6-13-28-19-11-8-17(15-20(19)27-3)9-12-22(26)25-23-24-18-10-7-16(2)14-21(18)29-23/h7-12,14-15H,4-6,13H2,1-3H3,(H,24,25,26)/b12-9+. The van der Waals surface area contributed by atoms with Crippen LogP contribution in [-0.4, -0.2) is 24.6 Å². The van der Waals surface area contributed by atoms with Crippen molar-refractivity contribution in [3.63, 3.8) is 0 Å². The van der Waals surface area contributed by atoms with Crippen LogP contribution < -0.4 is 14.8 Å². The van der Waals surface area contributed by atoms with Gasteiger partial charge in [0.2, 0.25) is 5.91 Å². The number of aromatic nitrogens is 1. The summed E-state index contributed by atoms with van der Waals surface area (Å²) in [6, 6.07) is 11.7. The molecule has 0 bridgehead atoms. The maximum Gasteiger partial charge on any atom is 0.250 e. The van der Waals surface area contributed by atoms with Gasteiger partial charge in [-0.1, -0.05) is 43.2 Å². The Morgan fingerprint density at radius 3 is 2.83 bits per heavy atom. The fourth-order valence-electron chi connectivity index (χ4n) is 2.85. The molecule has 6 heteroatoms. The Hall–Kier alpha value is -2.86. The normalized spacial score (nSPS) is 11.1. The summed E-state index contributed by atoms with van der Waals surface area (Å²) in [6.07, 6.45) is 6.56. The molecule has 0 aliphatic rings. The number of hydrogen-bond donors (Lipinski definition) is 1. The van der Waals surface area contributed by atoms with Crippen LogP contribution in [0.25, 0.3) is 16.3 Å². The first-order chi connectivity index (χ1) is 14.1. The fraction of sp³-hybridized carbons (Fsp3) is 0.304. The highest BCUT2D eigenvalue weighted by Gasteiger charge is 2.07.